The molecule has 1 aromatic rings. The first-order valence-electron chi connectivity index (χ1n) is 8.04. The van der Waals surface area contributed by atoms with E-state index in [1.807, 2.05) is 25.7 Å². The van der Waals surface area contributed by atoms with Gasteiger partial charge in [0.2, 0.25) is 0 Å². The Bertz CT molecular complexity index is 585. The lowest BCUT2D eigenvalue weighted by molar-refractivity contribution is -0.139. The Labute approximate surface area is 136 Å². The normalized spacial score (nSPS) is 20.2. The van der Waals surface area contributed by atoms with Crippen molar-refractivity contribution in [2.45, 2.75) is 52.1 Å². The molecule has 1 aliphatic carbocycles. The first kappa shape index (κ1) is 17.3. The molecule has 2 rings (SSSR count). The number of hydrogen-bond acceptors (Lipinski definition) is 5. The molecule has 0 aliphatic heterocycles. The van der Waals surface area contributed by atoms with Crippen LogP contribution in [0.25, 0.3) is 0 Å². The first-order chi connectivity index (χ1) is 10.9. The van der Waals surface area contributed by atoms with E-state index in [0.717, 1.165) is 18.5 Å². The summed E-state index contributed by atoms with van der Waals surface area (Å²) in [5.41, 5.74) is 2.00. The van der Waals surface area contributed by atoms with Crippen molar-refractivity contribution in [3.8, 4) is 0 Å². The minimum absolute atomic E-state index is 0.0509. The van der Waals surface area contributed by atoms with E-state index < -0.39 is 5.97 Å². The number of aliphatic carboxylic acids is 1. The van der Waals surface area contributed by atoms with Crippen LogP contribution in [0.1, 0.15) is 48.4 Å². The summed E-state index contributed by atoms with van der Waals surface area (Å²) in [4.78, 5) is 25.2. The molecule has 0 atom stereocenters. The SMILES string of the molecule is CCc1nnc(C)cc1C(=O)NC1CC(N(CC)CC(=O)O)C1. The van der Waals surface area contributed by atoms with Crippen molar-refractivity contribution in [3.05, 3.63) is 23.0 Å². The molecule has 0 saturated heterocycles. The Kier molecular flexibility index (Phi) is 5.65. The Morgan fingerprint density at radius 3 is 2.61 bits per heavy atom. The fourth-order valence-electron chi connectivity index (χ4n) is 2.91. The average molecular weight is 320 g/mol. The van der Waals surface area contributed by atoms with Crippen LogP contribution in [0.5, 0.6) is 0 Å². The third kappa shape index (κ3) is 4.25. The van der Waals surface area contributed by atoms with Gasteiger partial charge in [0.15, 0.2) is 0 Å². The third-order valence-corrected chi connectivity index (χ3v) is 4.28. The number of nitrogens with one attached hydrogen (secondary N) is 1. The van der Waals surface area contributed by atoms with Gasteiger partial charge in [0.25, 0.3) is 5.91 Å². The van der Waals surface area contributed by atoms with Crippen LogP contribution >= 0.6 is 0 Å². The number of rotatable bonds is 7. The number of carbonyl (C=O) groups excluding carboxylic acids is 1. The molecule has 1 aromatic heterocycles. The van der Waals surface area contributed by atoms with Crippen molar-refractivity contribution in [2.75, 3.05) is 13.1 Å². The fraction of sp³-hybridized carbons (Fsp3) is 0.625. The summed E-state index contributed by atoms with van der Waals surface area (Å²) >= 11 is 0. The second kappa shape index (κ2) is 7.50. The molecule has 126 valence electrons. The molecular formula is C16H24N4O3. The quantitative estimate of drug-likeness (QED) is 0.778. The standard InChI is InChI=1S/C16H24N4O3/c1-4-14-13(6-10(3)18-19-14)16(23)17-11-7-12(8-11)20(5-2)9-15(21)22/h6,11-12H,4-5,7-9H2,1-3H3,(H,17,23)(H,21,22). The van der Waals surface area contributed by atoms with Gasteiger partial charge in [-0.05, 0) is 38.8 Å². The molecule has 0 bridgehead atoms. The molecule has 0 spiro atoms. The Balaban J connectivity index is 1.91. The van der Waals surface area contributed by atoms with Gasteiger partial charge in [-0.1, -0.05) is 13.8 Å². The van der Waals surface area contributed by atoms with Crippen molar-refractivity contribution in [3.63, 3.8) is 0 Å². The van der Waals surface area contributed by atoms with Crippen molar-refractivity contribution < 1.29 is 14.7 Å². The van der Waals surface area contributed by atoms with Gasteiger partial charge in [0, 0.05) is 12.1 Å². The highest BCUT2D eigenvalue weighted by Gasteiger charge is 2.35. The first-order valence-corrected chi connectivity index (χ1v) is 8.04. The number of amides is 1. The number of hydrogen-bond donors (Lipinski definition) is 2. The van der Waals surface area contributed by atoms with Crippen LogP contribution in [-0.2, 0) is 11.2 Å². The fourth-order valence-corrected chi connectivity index (χ4v) is 2.91. The van der Waals surface area contributed by atoms with E-state index in [4.69, 9.17) is 5.11 Å². The number of aromatic nitrogens is 2. The predicted octanol–water partition coefficient (Wildman–Crippen LogP) is 1.01. The van der Waals surface area contributed by atoms with E-state index in [9.17, 15) is 9.59 Å². The zero-order valence-electron chi connectivity index (χ0n) is 13.9. The predicted molar refractivity (Wildman–Crippen MR) is 85.3 cm³/mol. The lowest BCUT2D eigenvalue weighted by Gasteiger charge is -2.42. The maximum atomic E-state index is 12.4. The van der Waals surface area contributed by atoms with Gasteiger partial charge < -0.3 is 10.4 Å². The van der Waals surface area contributed by atoms with E-state index >= 15 is 0 Å². The van der Waals surface area contributed by atoms with Gasteiger partial charge in [-0.2, -0.15) is 10.2 Å². The highest BCUT2D eigenvalue weighted by atomic mass is 16.4. The van der Waals surface area contributed by atoms with E-state index in [1.54, 1.807) is 6.07 Å². The molecule has 23 heavy (non-hydrogen) atoms. The summed E-state index contributed by atoms with van der Waals surface area (Å²) in [6, 6.07) is 2.08. The lowest BCUT2D eigenvalue weighted by atomic mass is 9.85. The number of likely N-dealkylation sites (N-methyl/N-ethyl adjacent to an activating group) is 1. The van der Waals surface area contributed by atoms with E-state index in [2.05, 4.69) is 15.5 Å². The van der Waals surface area contributed by atoms with Crippen molar-refractivity contribution in [2.24, 2.45) is 0 Å². The number of aryl methyl sites for hydroxylation is 2. The number of nitrogens with zero attached hydrogens (tertiary/aromatic N) is 3. The smallest absolute Gasteiger partial charge is 0.317 e. The van der Waals surface area contributed by atoms with Crippen LogP contribution in [0.2, 0.25) is 0 Å². The van der Waals surface area contributed by atoms with Crippen LogP contribution < -0.4 is 5.32 Å². The van der Waals surface area contributed by atoms with Gasteiger partial charge in [0.05, 0.1) is 23.5 Å². The largest absolute Gasteiger partial charge is 0.480 e. The average Bonchev–Trinajstić information content (AvgIpc) is 2.48. The molecule has 1 saturated carbocycles. The molecule has 1 heterocycles. The van der Waals surface area contributed by atoms with Crippen molar-refractivity contribution >= 4 is 11.9 Å². The highest BCUT2D eigenvalue weighted by molar-refractivity contribution is 5.95. The van der Waals surface area contributed by atoms with Crippen LogP contribution in [-0.4, -0.2) is 57.3 Å². The minimum atomic E-state index is -0.815. The van der Waals surface area contributed by atoms with Gasteiger partial charge in [-0.25, -0.2) is 0 Å². The highest BCUT2D eigenvalue weighted by Crippen LogP contribution is 2.26. The summed E-state index contributed by atoms with van der Waals surface area (Å²) < 4.78 is 0. The van der Waals surface area contributed by atoms with Crippen molar-refractivity contribution in [1.82, 2.24) is 20.4 Å². The van der Waals surface area contributed by atoms with E-state index in [1.165, 1.54) is 0 Å². The maximum Gasteiger partial charge on any atom is 0.317 e. The van der Waals surface area contributed by atoms with Gasteiger partial charge in [-0.3, -0.25) is 14.5 Å². The molecule has 0 unspecified atom stereocenters. The Hall–Kier alpha value is -2.02. The second-order valence-corrected chi connectivity index (χ2v) is 5.95. The molecular weight excluding hydrogens is 296 g/mol. The molecule has 7 nitrogen and oxygen atoms in total. The lowest BCUT2D eigenvalue weighted by Crippen LogP contribution is -2.54. The van der Waals surface area contributed by atoms with Crippen molar-refractivity contribution in [1.29, 1.82) is 0 Å². The van der Waals surface area contributed by atoms with Crippen LogP contribution in [0.4, 0.5) is 0 Å². The van der Waals surface area contributed by atoms with Crippen LogP contribution in [0.3, 0.4) is 0 Å². The van der Waals surface area contributed by atoms with E-state index in [0.29, 0.717) is 24.2 Å². The topological polar surface area (TPSA) is 95.4 Å². The van der Waals surface area contributed by atoms with E-state index in [-0.39, 0.29) is 24.5 Å². The Morgan fingerprint density at radius 2 is 2.04 bits per heavy atom. The van der Waals surface area contributed by atoms with Crippen LogP contribution in [0, 0.1) is 6.92 Å². The number of carboxylic acid groups (broad SMARTS) is 1. The minimum Gasteiger partial charge on any atom is -0.480 e. The zero-order chi connectivity index (χ0) is 17.0. The maximum absolute atomic E-state index is 12.4. The zero-order valence-corrected chi connectivity index (χ0v) is 13.9. The monoisotopic (exact) mass is 320 g/mol. The third-order valence-electron chi connectivity index (χ3n) is 4.28. The molecule has 0 aromatic carbocycles. The molecule has 7 heteroatoms. The summed E-state index contributed by atoms with van der Waals surface area (Å²) in [6.45, 7) is 6.46. The second-order valence-electron chi connectivity index (χ2n) is 5.95. The summed E-state index contributed by atoms with van der Waals surface area (Å²) in [6.07, 6.45) is 2.23. The molecule has 1 fully saturated rings. The molecule has 0 radical (unpaired) electrons. The summed E-state index contributed by atoms with van der Waals surface area (Å²) in [7, 11) is 0. The van der Waals surface area contributed by atoms with Gasteiger partial charge >= 0.3 is 5.97 Å². The number of carbonyl (C=O) groups is 2. The summed E-state index contributed by atoms with van der Waals surface area (Å²) in [5.74, 6) is -0.935. The molecule has 2 N–H and O–H groups in total. The molecule has 1 amide bonds. The van der Waals surface area contributed by atoms with Gasteiger partial charge in [-0.15, -0.1) is 0 Å². The van der Waals surface area contributed by atoms with Gasteiger partial charge in [0.1, 0.15) is 0 Å². The van der Waals surface area contributed by atoms with Crippen LogP contribution in [0.15, 0.2) is 6.07 Å². The number of carboxylic acids is 1. The Morgan fingerprint density at radius 1 is 1.35 bits per heavy atom. The summed E-state index contributed by atoms with van der Waals surface area (Å²) in [5, 5.41) is 20.0. The molecule has 1 aliphatic rings.